The van der Waals surface area contributed by atoms with Crippen LogP contribution in [0.2, 0.25) is 0 Å². The molecule has 1 unspecified atom stereocenters. The van der Waals surface area contributed by atoms with Gasteiger partial charge in [-0.15, -0.1) is 0 Å². The molecule has 0 radical (unpaired) electrons. The van der Waals surface area contributed by atoms with E-state index in [1.807, 2.05) is 29.7 Å². The summed E-state index contributed by atoms with van der Waals surface area (Å²) < 4.78 is 0. The van der Waals surface area contributed by atoms with E-state index in [0.717, 1.165) is 32.4 Å². The fraction of sp³-hybridized carbons (Fsp3) is 0.600. The molecule has 0 aliphatic carbocycles. The fourth-order valence-electron chi connectivity index (χ4n) is 3.88. The summed E-state index contributed by atoms with van der Waals surface area (Å²) in [4.78, 5) is 28.2. The van der Waals surface area contributed by atoms with Gasteiger partial charge in [-0.2, -0.15) is 0 Å². The van der Waals surface area contributed by atoms with E-state index in [2.05, 4.69) is 29.6 Å². The molecule has 0 saturated carbocycles. The van der Waals surface area contributed by atoms with Gasteiger partial charge in [0.2, 0.25) is 5.91 Å². The second-order valence-corrected chi connectivity index (χ2v) is 7.61. The number of hydrogen-bond acceptors (Lipinski definition) is 2. The molecule has 5 nitrogen and oxygen atoms in total. The van der Waals surface area contributed by atoms with E-state index < -0.39 is 0 Å². The lowest BCUT2D eigenvalue weighted by molar-refractivity contribution is -0.129. The molecule has 1 aromatic carbocycles. The minimum absolute atomic E-state index is 0.0124. The number of hydrogen-bond donors (Lipinski definition) is 1. The number of carbonyl (C=O) groups is 2. The summed E-state index contributed by atoms with van der Waals surface area (Å²) >= 11 is 0. The van der Waals surface area contributed by atoms with Crippen molar-refractivity contribution in [2.75, 3.05) is 19.6 Å². The van der Waals surface area contributed by atoms with Crippen LogP contribution in [0.4, 0.5) is 4.79 Å². The topological polar surface area (TPSA) is 52.7 Å². The Balaban J connectivity index is 1.43. The highest BCUT2D eigenvalue weighted by molar-refractivity contribution is 5.82. The van der Waals surface area contributed by atoms with Crippen molar-refractivity contribution in [3.05, 3.63) is 35.9 Å². The first-order valence-corrected chi connectivity index (χ1v) is 9.41. The van der Waals surface area contributed by atoms with Gasteiger partial charge in [-0.3, -0.25) is 4.79 Å². The first-order chi connectivity index (χ1) is 12.0. The van der Waals surface area contributed by atoms with Gasteiger partial charge in [-0.05, 0) is 44.6 Å². The molecule has 0 spiro atoms. The largest absolute Gasteiger partial charge is 0.338 e. The van der Waals surface area contributed by atoms with Crippen molar-refractivity contribution >= 4 is 11.9 Å². The van der Waals surface area contributed by atoms with Crippen LogP contribution in [0.1, 0.15) is 38.7 Å². The van der Waals surface area contributed by atoms with Crippen molar-refractivity contribution in [1.29, 1.82) is 0 Å². The van der Waals surface area contributed by atoms with Crippen LogP contribution < -0.4 is 5.32 Å². The van der Waals surface area contributed by atoms with E-state index >= 15 is 0 Å². The van der Waals surface area contributed by atoms with Gasteiger partial charge in [0.05, 0.1) is 6.04 Å². The maximum Gasteiger partial charge on any atom is 0.317 e. The minimum Gasteiger partial charge on any atom is -0.338 e. The van der Waals surface area contributed by atoms with Crippen LogP contribution in [-0.2, 0) is 11.2 Å². The van der Waals surface area contributed by atoms with E-state index in [4.69, 9.17) is 0 Å². The van der Waals surface area contributed by atoms with Crippen LogP contribution in [0.25, 0.3) is 0 Å². The summed E-state index contributed by atoms with van der Waals surface area (Å²) in [6, 6.07) is 10.7. The normalized spacial score (nSPS) is 21.9. The van der Waals surface area contributed by atoms with Crippen LogP contribution in [0.5, 0.6) is 0 Å². The zero-order chi connectivity index (χ0) is 17.8. The van der Waals surface area contributed by atoms with E-state index in [1.165, 1.54) is 5.56 Å². The van der Waals surface area contributed by atoms with Crippen LogP contribution in [0.3, 0.4) is 0 Å². The van der Waals surface area contributed by atoms with Crippen LogP contribution in [-0.4, -0.2) is 53.5 Å². The van der Waals surface area contributed by atoms with E-state index in [0.29, 0.717) is 18.9 Å². The predicted octanol–water partition coefficient (Wildman–Crippen LogP) is 2.66. The number of carbonyl (C=O) groups excluding carboxylic acids is 2. The van der Waals surface area contributed by atoms with E-state index in [9.17, 15) is 9.59 Å². The predicted molar refractivity (Wildman–Crippen MR) is 98.2 cm³/mol. The Morgan fingerprint density at radius 2 is 1.88 bits per heavy atom. The number of likely N-dealkylation sites (tertiary alicyclic amines) is 2. The SMILES string of the molecule is CC(C)N1CC(NC(=O)N2CCC(Cc3ccccc3)CC2)CC1=O. The molecular weight excluding hydrogens is 314 g/mol. The maximum absolute atomic E-state index is 12.5. The van der Waals surface area contributed by atoms with Gasteiger partial charge in [0.15, 0.2) is 0 Å². The highest BCUT2D eigenvalue weighted by Gasteiger charge is 2.33. The zero-order valence-electron chi connectivity index (χ0n) is 15.3. The molecule has 136 valence electrons. The summed E-state index contributed by atoms with van der Waals surface area (Å²) in [5.41, 5.74) is 1.38. The highest BCUT2D eigenvalue weighted by Crippen LogP contribution is 2.22. The monoisotopic (exact) mass is 343 g/mol. The number of rotatable bonds is 4. The maximum atomic E-state index is 12.5. The van der Waals surface area contributed by atoms with Crippen molar-refractivity contribution in [2.24, 2.45) is 5.92 Å². The molecular formula is C20H29N3O2. The standard InChI is InChI=1S/C20H29N3O2/c1-15(2)23-14-18(13-19(23)24)21-20(25)22-10-8-17(9-11-22)12-16-6-4-3-5-7-16/h3-7,15,17-18H,8-14H2,1-2H3,(H,21,25). The lowest BCUT2D eigenvalue weighted by Gasteiger charge is -2.33. The Labute approximate surface area is 150 Å². The number of amides is 3. The molecule has 1 atom stereocenters. The molecule has 3 amide bonds. The molecule has 3 rings (SSSR count). The third-order valence-corrected chi connectivity index (χ3v) is 5.38. The first kappa shape index (κ1) is 17.8. The Morgan fingerprint density at radius 1 is 1.20 bits per heavy atom. The van der Waals surface area contributed by atoms with Crippen molar-refractivity contribution in [2.45, 2.75) is 51.6 Å². The Kier molecular flexibility index (Phi) is 5.61. The van der Waals surface area contributed by atoms with Gasteiger partial charge in [-0.25, -0.2) is 4.79 Å². The second-order valence-electron chi connectivity index (χ2n) is 7.61. The summed E-state index contributed by atoms with van der Waals surface area (Å²) in [6.45, 7) is 6.27. The quantitative estimate of drug-likeness (QED) is 0.914. The smallest absolute Gasteiger partial charge is 0.317 e. The second kappa shape index (κ2) is 7.89. The summed E-state index contributed by atoms with van der Waals surface area (Å²) in [5.74, 6) is 0.790. The summed E-state index contributed by atoms with van der Waals surface area (Å²) in [6.07, 6.45) is 3.61. The van der Waals surface area contributed by atoms with Crippen molar-refractivity contribution in [1.82, 2.24) is 15.1 Å². The Morgan fingerprint density at radius 3 is 2.48 bits per heavy atom. The number of benzene rings is 1. The Bertz CT molecular complexity index is 594. The zero-order valence-corrected chi connectivity index (χ0v) is 15.3. The molecule has 1 aromatic rings. The first-order valence-electron chi connectivity index (χ1n) is 9.41. The number of piperidine rings is 1. The minimum atomic E-state index is -0.0514. The molecule has 0 bridgehead atoms. The van der Waals surface area contributed by atoms with Gasteiger partial charge in [0.1, 0.15) is 0 Å². The molecule has 2 heterocycles. The number of nitrogens with one attached hydrogen (secondary N) is 1. The third kappa shape index (κ3) is 4.53. The summed E-state index contributed by atoms with van der Waals surface area (Å²) in [7, 11) is 0. The van der Waals surface area contributed by atoms with Crippen molar-refractivity contribution in [3.8, 4) is 0 Å². The van der Waals surface area contributed by atoms with Crippen LogP contribution >= 0.6 is 0 Å². The van der Waals surface area contributed by atoms with Crippen LogP contribution in [0, 0.1) is 5.92 Å². The van der Waals surface area contributed by atoms with Gasteiger partial charge >= 0.3 is 6.03 Å². The molecule has 0 aromatic heterocycles. The van der Waals surface area contributed by atoms with E-state index in [-0.39, 0.29) is 24.0 Å². The average Bonchev–Trinajstić information content (AvgIpc) is 2.97. The molecule has 25 heavy (non-hydrogen) atoms. The number of urea groups is 1. The fourth-order valence-corrected chi connectivity index (χ4v) is 3.88. The van der Waals surface area contributed by atoms with E-state index in [1.54, 1.807) is 0 Å². The molecule has 2 aliphatic heterocycles. The van der Waals surface area contributed by atoms with Crippen molar-refractivity contribution in [3.63, 3.8) is 0 Å². The average molecular weight is 343 g/mol. The Hall–Kier alpha value is -2.04. The lowest BCUT2D eigenvalue weighted by Crippen LogP contribution is -2.48. The molecule has 5 heteroatoms. The number of nitrogens with zero attached hydrogens (tertiary/aromatic N) is 2. The molecule has 2 fully saturated rings. The van der Waals surface area contributed by atoms with Crippen molar-refractivity contribution < 1.29 is 9.59 Å². The van der Waals surface area contributed by atoms with Crippen LogP contribution in [0.15, 0.2) is 30.3 Å². The summed E-state index contributed by atoms with van der Waals surface area (Å²) in [5, 5.41) is 3.05. The van der Waals surface area contributed by atoms with Gasteiger partial charge in [-0.1, -0.05) is 30.3 Å². The highest BCUT2D eigenvalue weighted by atomic mass is 16.2. The molecule has 2 aliphatic rings. The lowest BCUT2D eigenvalue weighted by atomic mass is 9.90. The van der Waals surface area contributed by atoms with Gasteiger partial charge in [0, 0.05) is 32.1 Å². The van der Waals surface area contributed by atoms with Gasteiger partial charge < -0.3 is 15.1 Å². The molecule has 2 saturated heterocycles. The molecule has 1 N–H and O–H groups in total. The third-order valence-electron chi connectivity index (χ3n) is 5.38. The van der Waals surface area contributed by atoms with Gasteiger partial charge in [0.25, 0.3) is 0 Å².